The molecule has 1 unspecified atom stereocenters. The summed E-state index contributed by atoms with van der Waals surface area (Å²) in [6, 6.07) is 0.570. The van der Waals surface area contributed by atoms with Crippen LogP contribution >= 0.6 is 0 Å². The Morgan fingerprint density at radius 3 is 2.37 bits per heavy atom. The molecule has 0 aliphatic carbocycles. The van der Waals surface area contributed by atoms with Crippen molar-refractivity contribution in [2.45, 2.75) is 12.5 Å². The lowest BCUT2D eigenvalue weighted by Gasteiger charge is -2.36. The predicted octanol–water partition coefficient (Wildman–Crippen LogP) is -0.456. The van der Waals surface area contributed by atoms with Crippen LogP contribution < -0.4 is 5.32 Å². The fraction of sp³-hybridized carbons (Fsp3) is 1.00. The molecule has 2 aliphatic rings. The SMILES string of the molecule is CN(C)CCN1CCN(CCC2COCCN2)CC1. The van der Waals surface area contributed by atoms with Gasteiger partial charge in [-0.05, 0) is 27.1 Å². The van der Waals surface area contributed by atoms with Crippen molar-refractivity contribution in [3.05, 3.63) is 0 Å². The zero-order chi connectivity index (χ0) is 13.5. The van der Waals surface area contributed by atoms with Crippen LogP contribution in [0.3, 0.4) is 0 Å². The molecule has 2 heterocycles. The number of morpholine rings is 1. The van der Waals surface area contributed by atoms with Crippen LogP contribution in [-0.4, -0.2) is 100 Å². The summed E-state index contributed by atoms with van der Waals surface area (Å²) in [6.07, 6.45) is 1.22. The van der Waals surface area contributed by atoms with Crippen LogP contribution in [0.2, 0.25) is 0 Å². The quantitative estimate of drug-likeness (QED) is 0.706. The largest absolute Gasteiger partial charge is 0.379 e. The lowest BCUT2D eigenvalue weighted by atomic mass is 10.2. The molecule has 0 amide bonds. The lowest BCUT2D eigenvalue weighted by Crippen LogP contribution is -2.49. The molecule has 0 saturated carbocycles. The summed E-state index contributed by atoms with van der Waals surface area (Å²) in [5.74, 6) is 0. The second-order valence-corrected chi connectivity index (χ2v) is 6.00. The molecule has 19 heavy (non-hydrogen) atoms. The van der Waals surface area contributed by atoms with Gasteiger partial charge in [-0.1, -0.05) is 0 Å². The molecule has 0 bridgehead atoms. The van der Waals surface area contributed by atoms with Crippen molar-refractivity contribution >= 4 is 0 Å². The monoisotopic (exact) mass is 270 g/mol. The third kappa shape index (κ3) is 5.75. The molecule has 1 atom stereocenters. The normalized spacial score (nSPS) is 27.0. The number of piperazine rings is 1. The molecular formula is C14H30N4O. The van der Waals surface area contributed by atoms with E-state index in [-0.39, 0.29) is 0 Å². The Hall–Kier alpha value is -0.200. The van der Waals surface area contributed by atoms with Crippen molar-refractivity contribution in [3.8, 4) is 0 Å². The van der Waals surface area contributed by atoms with Gasteiger partial charge in [0.1, 0.15) is 0 Å². The van der Waals surface area contributed by atoms with Crippen molar-refractivity contribution in [1.82, 2.24) is 20.0 Å². The fourth-order valence-corrected chi connectivity index (χ4v) is 2.72. The molecule has 112 valence electrons. The van der Waals surface area contributed by atoms with E-state index in [2.05, 4.69) is 34.1 Å². The number of ether oxygens (including phenoxy) is 1. The summed E-state index contributed by atoms with van der Waals surface area (Å²) in [5.41, 5.74) is 0. The molecule has 2 fully saturated rings. The molecule has 2 rings (SSSR count). The van der Waals surface area contributed by atoms with Gasteiger partial charge in [-0.3, -0.25) is 4.90 Å². The summed E-state index contributed by atoms with van der Waals surface area (Å²) >= 11 is 0. The molecular weight excluding hydrogens is 240 g/mol. The Kier molecular flexibility index (Phi) is 6.53. The smallest absolute Gasteiger partial charge is 0.0620 e. The van der Waals surface area contributed by atoms with E-state index in [4.69, 9.17) is 4.74 Å². The number of nitrogens with zero attached hydrogens (tertiary/aromatic N) is 3. The maximum Gasteiger partial charge on any atom is 0.0620 e. The summed E-state index contributed by atoms with van der Waals surface area (Å²) in [6.45, 7) is 11.3. The Morgan fingerprint density at radius 1 is 1.11 bits per heavy atom. The minimum atomic E-state index is 0.570. The number of nitrogens with one attached hydrogen (secondary N) is 1. The number of hydrogen-bond donors (Lipinski definition) is 1. The van der Waals surface area contributed by atoms with Crippen molar-refractivity contribution < 1.29 is 4.74 Å². The minimum absolute atomic E-state index is 0.570. The Bertz CT molecular complexity index is 236. The maximum absolute atomic E-state index is 5.50. The fourth-order valence-electron chi connectivity index (χ4n) is 2.72. The predicted molar refractivity (Wildman–Crippen MR) is 78.7 cm³/mol. The van der Waals surface area contributed by atoms with E-state index in [0.29, 0.717) is 6.04 Å². The Morgan fingerprint density at radius 2 is 1.79 bits per heavy atom. The summed E-state index contributed by atoms with van der Waals surface area (Å²) in [5, 5.41) is 3.53. The maximum atomic E-state index is 5.50. The molecule has 5 heteroatoms. The van der Waals surface area contributed by atoms with Crippen LogP contribution in [0.5, 0.6) is 0 Å². The summed E-state index contributed by atoms with van der Waals surface area (Å²) in [7, 11) is 4.30. The zero-order valence-corrected chi connectivity index (χ0v) is 12.6. The van der Waals surface area contributed by atoms with Crippen LogP contribution in [0.25, 0.3) is 0 Å². The highest BCUT2D eigenvalue weighted by molar-refractivity contribution is 4.76. The Balaban J connectivity index is 1.55. The molecule has 0 spiro atoms. The van der Waals surface area contributed by atoms with E-state index in [1.54, 1.807) is 0 Å². The van der Waals surface area contributed by atoms with Crippen molar-refractivity contribution in [1.29, 1.82) is 0 Å². The van der Waals surface area contributed by atoms with Crippen LogP contribution in [0.4, 0.5) is 0 Å². The lowest BCUT2D eigenvalue weighted by molar-refractivity contribution is 0.0647. The van der Waals surface area contributed by atoms with Crippen molar-refractivity contribution in [3.63, 3.8) is 0 Å². The van der Waals surface area contributed by atoms with Crippen LogP contribution in [-0.2, 0) is 4.74 Å². The average Bonchev–Trinajstić information content (AvgIpc) is 2.45. The first-order valence-electron chi connectivity index (χ1n) is 7.64. The second kappa shape index (κ2) is 8.17. The van der Waals surface area contributed by atoms with Crippen molar-refractivity contribution in [2.75, 3.05) is 79.7 Å². The molecule has 2 aliphatic heterocycles. The highest BCUT2D eigenvalue weighted by Gasteiger charge is 2.19. The molecule has 0 radical (unpaired) electrons. The van der Waals surface area contributed by atoms with Crippen LogP contribution in [0, 0.1) is 0 Å². The first kappa shape index (κ1) is 15.2. The van der Waals surface area contributed by atoms with E-state index < -0.39 is 0 Å². The summed E-state index contributed by atoms with van der Waals surface area (Å²) < 4.78 is 5.50. The highest BCUT2D eigenvalue weighted by atomic mass is 16.5. The first-order valence-corrected chi connectivity index (χ1v) is 7.64. The van der Waals surface area contributed by atoms with Gasteiger partial charge in [-0.2, -0.15) is 0 Å². The van der Waals surface area contributed by atoms with Crippen molar-refractivity contribution in [2.24, 2.45) is 0 Å². The van der Waals surface area contributed by atoms with Gasteiger partial charge in [-0.15, -0.1) is 0 Å². The molecule has 0 aromatic heterocycles. The number of likely N-dealkylation sites (N-methyl/N-ethyl adjacent to an activating group) is 1. The van der Waals surface area contributed by atoms with E-state index >= 15 is 0 Å². The van der Waals surface area contributed by atoms with E-state index in [9.17, 15) is 0 Å². The zero-order valence-electron chi connectivity index (χ0n) is 12.6. The minimum Gasteiger partial charge on any atom is -0.379 e. The molecule has 2 saturated heterocycles. The van der Waals surface area contributed by atoms with Crippen LogP contribution in [0.15, 0.2) is 0 Å². The number of hydrogen-bond acceptors (Lipinski definition) is 5. The van der Waals surface area contributed by atoms with Gasteiger partial charge in [-0.25, -0.2) is 0 Å². The van der Waals surface area contributed by atoms with Crippen LogP contribution in [0.1, 0.15) is 6.42 Å². The first-order chi connectivity index (χ1) is 9.24. The molecule has 0 aromatic carbocycles. The summed E-state index contributed by atoms with van der Waals surface area (Å²) in [4.78, 5) is 7.45. The Labute approximate surface area is 117 Å². The van der Waals surface area contributed by atoms with E-state index in [1.165, 1.54) is 52.2 Å². The van der Waals surface area contributed by atoms with E-state index in [0.717, 1.165) is 19.8 Å². The van der Waals surface area contributed by atoms with E-state index in [1.807, 2.05) is 0 Å². The van der Waals surface area contributed by atoms with Gasteiger partial charge in [0.2, 0.25) is 0 Å². The van der Waals surface area contributed by atoms with Gasteiger partial charge in [0.15, 0.2) is 0 Å². The average molecular weight is 270 g/mol. The van der Waals surface area contributed by atoms with Gasteiger partial charge in [0.25, 0.3) is 0 Å². The highest BCUT2D eigenvalue weighted by Crippen LogP contribution is 2.05. The van der Waals surface area contributed by atoms with Gasteiger partial charge in [0, 0.05) is 51.9 Å². The molecule has 0 aromatic rings. The van der Waals surface area contributed by atoms with Gasteiger partial charge >= 0.3 is 0 Å². The second-order valence-electron chi connectivity index (χ2n) is 6.00. The standard InChI is InChI=1S/C14H30N4O/c1-16(2)6-7-18-10-8-17(9-11-18)5-3-14-13-19-12-4-15-14/h14-15H,3-13H2,1-2H3. The van der Waals surface area contributed by atoms with Gasteiger partial charge in [0.05, 0.1) is 13.2 Å². The number of rotatable bonds is 6. The third-order valence-electron chi connectivity index (χ3n) is 4.12. The van der Waals surface area contributed by atoms with Gasteiger partial charge < -0.3 is 19.9 Å². The topological polar surface area (TPSA) is 31.0 Å². The molecule has 5 nitrogen and oxygen atoms in total. The molecule has 1 N–H and O–H groups in total. The third-order valence-corrected chi connectivity index (χ3v) is 4.12.